The Morgan fingerprint density at radius 2 is 2.06 bits per heavy atom. The van der Waals surface area contributed by atoms with Gasteiger partial charge in [-0.25, -0.2) is 9.18 Å². The first-order valence-electron chi connectivity index (χ1n) is 5.17. The molecular formula is C12H15FO4. The van der Waals surface area contributed by atoms with Gasteiger partial charge in [0.25, 0.3) is 0 Å². The first-order valence-corrected chi connectivity index (χ1v) is 5.17. The quantitative estimate of drug-likeness (QED) is 0.818. The molecule has 0 saturated carbocycles. The Bertz CT molecular complexity index is 403. The van der Waals surface area contributed by atoms with Crippen LogP contribution < -0.4 is 4.74 Å². The molecule has 0 aliphatic rings. The maximum Gasteiger partial charge on any atom is 0.346 e. The zero-order valence-electron chi connectivity index (χ0n) is 9.94. The normalized spacial score (nSPS) is 13.9. The van der Waals surface area contributed by atoms with Crippen LogP contribution in [0.15, 0.2) is 18.2 Å². The minimum absolute atomic E-state index is 0.183. The maximum atomic E-state index is 13.5. The van der Waals surface area contributed by atoms with Crippen LogP contribution in [0.3, 0.4) is 0 Å². The lowest BCUT2D eigenvalue weighted by atomic mass is 10.1. The molecule has 1 aromatic carbocycles. The van der Waals surface area contributed by atoms with Gasteiger partial charge in [-0.1, -0.05) is 0 Å². The zero-order chi connectivity index (χ0) is 13.0. The first kappa shape index (κ1) is 13.4. The monoisotopic (exact) mass is 242 g/mol. The predicted octanol–water partition coefficient (Wildman–Crippen LogP) is 1.82. The molecule has 0 aromatic heterocycles. The minimum atomic E-state index is -0.887. The van der Waals surface area contributed by atoms with Crippen LogP contribution in [0.2, 0.25) is 0 Å². The number of hydrogen-bond acceptors (Lipinski definition) is 4. The van der Waals surface area contributed by atoms with Crippen LogP contribution in [0, 0.1) is 5.82 Å². The van der Waals surface area contributed by atoms with Gasteiger partial charge in [-0.2, -0.15) is 0 Å². The van der Waals surface area contributed by atoms with Crippen molar-refractivity contribution < 1.29 is 23.8 Å². The molecule has 0 aliphatic heterocycles. The third kappa shape index (κ3) is 3.42. The van der Waals surface area contributed by atoms with E-state index in [1.165, 1.54) is 33.1 Å². The molecule has 5 heteroatoms. The highest BCUT2D eigenvalue weighted by Gasteiger charge is 2.16. The van der Waals surface area contributed by atoms with Gasteiger partial charge >= 0.3 is 5.97 Å². The van der Waals surface area contributed by atoms with Crippen LogP contribution in [0.4, 0.5) is 4.39 Å². The largest absolute Gasteiger partial charge is 0.479 e. The summed E-state index contributed by atoms with van der Waals surface area (Å²) in [6, 6.07) is 4.03. The Balaban J connectivity index is 2.81. The predicted molar refractivity (Wildman–Crippen MR) is 59.1 cm³/mol. The lowest BCUT2D eigenvalue weighted by Crippen LogP contribution is -2.24. The summed E-state index contributed by atoms with van der Waals surface area (Å²) in [7, 11) is 1.25. The second-order valence-corrected chi connectivity index (χ2v) is 3.64. The SMILES string of the molecule is COC(=O)C(C)Oc1ccc([C@@H](C)O)c(F)c1. The third-order valence-electron chi connectivity index (χ3n) is 2.27. The molecule has 94 valence electrons. The summed E-state index contributed by atoms with van der Waals surface area (Å²) < 4.78 is 23.1. The van der Waals surface area contributed by atoms with Crippen molar-refractivity contribution >= 4 is 5.97 Å². The highest BCUT2D eigenvalue weighted by Crippen LogP contribution is 2.22. The fraction of sp³-hybridized carbons (Fsp3) is 0.417. The fourth-order valence-corrected chi connectivity index (χ4v) is 1.34. The molecule has 0 heterocycles. The van der Waals surface area contributed by atoms with Crippen molar-refractivity contribution in [2.75, 3.05) is 7.11 Å². The van der Waals surface area contributed by atoms with Gasteiger partial charge < -0.3 is 14.6 Å². The molecule has 0 amide bonds. The Morgan fingerprint density at radius 3 is 2.53 bits per heavy atom. The van der Waals surface area contributed by atoms with Crippen molar-refractivity contribution in [3.05, 3.63) is 29.6 Å². The molecule has 2 atom stereocenters. The topological polar surface area (TPSA) is 55.8 Å². The van der Waals surface area contributed by atoms with E-state index in [4.69, 9.17) is 4.74 Å². The summed E-state index contributed by atoms with van der Waals surface area (Å²) in [6.45, 7) is 2.97. The second-order valence-electron chi connectivity index (χ2n) is 3.64. The van der Waals surface area contributed by atoms with Crippen molar-refractivity contribution in [1.82, 2.24) is 0 Å². The molecule has 1 rings (SSSR count). The van der Waals surface area contributed by atoms with Crippen molar-refractivity contribution in [1.29, 1.82) is 0 Å². The average Bonchev–Trinajstić information content (AvgIpc) is 2.27. The fourth-order valence-electron chi connectivity index (χ4n) is 1.34. The Hall–Kier alpha value is -1.62. The number of ether oxygens (including phenoxy) is 2. The molecule has 0 radical (unpaired) electrons. The van der Waals surface area contributed by atoms with Crippen LogP contribution in [0.1, 0.15) is 25.5 Å². The van der Waals surface area contributed by atoms with Gasteiger partial charge in [-0.05, 0) is 26.0 Å². The van der Waals surface area contributed by atoms with Crippen LogP contribution in [0.25, 0.3) is 0 Å². The summed E-state index contributed by atoms with van der Waals surface area (Å²) in [6.07, 6.45) is -1.70. The molecule has 0 bridgehead atoms. The summed E-state index contributed by atoms with van der Waals surface area (Å²) >= 11 is 0. The van der Waals surface area contributed by atoms with E-state index in [2.05, 4.69) is 4.74 Å². The van der Waals surface area contributed by atoms with E-state index < -0.39 is 24.0 Å². The van der Waals surface area contributed by atoms with E-state index in [0.29, 0.717) is 0 Å². The van der Waals surface area contributed by atoms with E-state index in [1.54, 1.807) is 0 Å². The standard InChI is InChI=1S/C12H15FO4/c1-7(14)10-5-4-9(6-11(10)13)17-8(2)12(15)16-3/h4-8,14H,1-3H3/t7-,8?/m1/s1. The minimum Gasteiger partial charge on any atom is -0.479 e. The molecule has 4 nitrogen and oxygen atoms in total. The third-order valence-corrected chi connectivity index (χ3v) is 2.27. The molecule has 0 fully saturated rings. The van der Waals surface area contributed by atoms with Crippen LogP contribution in [-0.4, -0.2) is 24.3 Å². The van der Waals surface area contributed by atoms with Crippen molar-refractivity contribution in [2.24, 2.45) is 0 Å². The average molecular weight is 242 g/mol. The van der Waals surface area contributed by atoms with Crippen molar-refractivity contribution in [3.63, 3.8) is 0 Å². The number of esters is 1. The highest BCUT2D eigenvalue weighted by atomic mass is 19.1. The summed E-state index contributed by atoms with van der Waals surface area (Å²) in [4.78, 5) is 11.1. The molecule has 1 N–H and O–H groups in total. The lowest BCUT2D eigenvalue weighted by Gasteiger charge is -2.13. The zero-order valence-corrected chi connectivity index (χ0v) is 9.94. The number of carbonyl (C=O) groups excluding carboxylic acids is 1. The number of benzene rings is 1. The molecule has 1 unspecified atom stereocenters. The Labute approximate surface area is 99.0 Å². The van der Waals surface area contributed by atoms with Gasteiger partial charge in [0.05, 0.1) is 13.2 Å². The number of aliphatic hydroxyl groups excluding tert-OH is 1. The molecule has 0 saturated heterocycles. The lowest BCUT2D eigenvalue weighted by molar-refractivity contribution is -0.147. The van der Waals surface area contributed by atoms with E-state index in [9.17, 15) is 14.3 Å². The smallest absolute Gasteiger partial charge is 0.346 e. The Kier molecular flexibility index (Phi) is 4.45. The number of hydrogen-bond donors (Lipinski definition) is 1. The van der Waals surface area contributed by atoms with Gasteiger partial charge in [-0.3, -0.25) is 0 Å². The summed E-state index contributed by atoms with van der Waals surface area (Å²) in [5.74, 6) is -0.899. The van der Waals surface area contributed by atoms with Crippen LogP contribution in [0.5, 0.6) is 5.75 Å². The van der Waals surface area contributed by atoms with E-state index in [1.807, 2.05) is 0 Å². The summed E-state index contributed by atoms with van der Waals surface area (Å²) in [5.41, 5.74) is 0.183. The first-order chi connectivity index (χ1) is 7.95. The van der Waals surface area contributed by atoms with E-state index in [-0.39, 0.29) is 11.3 Å². The van der Waals surface area contributed by atoms with Gasteiger partial charge in [0.15, 0.2) is 6.10 Å². The molecular weight excluding hydrogens is 227 g/mol. The van der Waals surface area contributed by atoms with Gasteiger partial charge in [0.1, 0.15) is 11.6 Å². The molecule has 0 spiro atoms. The van der Waals surface area contributed by atoms with Gasteiger partial charge in [0.2, 0.25) is 0 Å². The Morgan fingerprint density at radius 1 is 1.41 bits per heavy atom. The van der Waals surface area contributed by atoms with Gasteiger partial charge in [-0.15, -0.1) is 0 Å². The second kappa shape index (κ2) is 5.63. The number of rotatable bonds is 4. The number of methoxy groups -OCH3 is 1. The van der Waals surface area contributed by atoms with E-state index >= 15 is 0 Å². The summed E-state index contributed by atoms with van der Waals surface area (Å²) in [5, 5.41) is 9.25. The highest BCUT2D eigenvalue weighted by molar-refractivity contribution is 5.74. The van der Waals surface area contributed by atoms with Crippen LogP contribution in [-0.2, 0) is 9.53 Å². The number of carbonyl (C=O) groups is 1. The van der Waals surface area contributed by atoms with E-state index in [0.717, 1.165) is 6.07 Å². The number of aliphatic hydroxyl groups is 1. The molecule has 1 aromatic rings. The van der Waals surface area contributed by atoms with Crippen molar-refractivity contribution in [2.45, 2.75) is 26.1 Å². The van der Waals surface area contributed by atoms with Crippen LogP contribution >= 0.6 is 0 Å². The van der Waals surface area contributed by atoms with Gasteiger partial charge in [0, 0.05) is 11.6 Å². The molecule has 17 heavy (non-hydrogen) atoms. The maximum absolute atomic E-state index is 13.5. The molecule has 0 aliphatic carbocycles. The van der Waals surface area contributed by atoms with Crippen molar-refractivity contribution in [3.8, 4) is 5.75 Å². The number of halogens is 1.